The number of carbonyl (C=O) groups excluding carboxylic acids is 1. The van der Waals surface area contributed by atoms with Gasteiger partial charge in [-0.3, -0.25) is 4.79 Å². The average Bonchev–Trinajstić information content (AvgIpc) is 2.42. The van der Waals surface area contributed by atoms with Gasteiger partial charge in [0.25, 0.3) is 0 Å². The second-order valence-electron chi connectivity index (χ2n) is 5.37. The summed E-state index contributed by atoms with van der Waals surface area (Å²) in [5.74, 6) is 1.96. The van der Waals surface area contributed by atoms with E-state index in [-0.39, 0.29) is 17.9 Å². The van der Waals surface area contributed by atoms with Crippen molar-refractivity contribution in [3.05, 3.63) is 0 Å². The fourth-order valence-corrected chi connectivity index (χ4v) is 3.45. The fourth-order valence-electron chi connectivity index (χ4n) is 3.45. The molecule has 0 aliphatic heterocycles. The highest BCUT2D eigenvalue weighted by Gasteiger charge is 2.48. The van der Waals surface area contributed by atoms with Crippen LogP contribution in [0.5, 0.6) is 0 Å². The standard InChI is InChI=1S/C12H20O2/c1-6-5-10-9(8(3)11(6)13)4-7(2)12(10)14/h6-11,13H,4-5H2,1-3H3. The van der Waals surface area contributed by atoms with E-state index >= 15 is 0 Å². The molecule has 6 unspecified atom stereocenters. The minimum Gasteiger partial charge on any atom is -0.393 e. The summed E-state index contributed by atoms with van der Waals surface area (Å²) >= 11 is 0. The van der Waals surface area contributed by atoms with Crippen molar-refractivity contribution in [1.82, 2.24) is 0 Å². The van der Waals surface area contributed by atoms with Crippen LogP contribution < -0.4 is 0 Å². The van der Waals surface area contributed by atoms with Gasteiger partial charge in [0.2, 0.25) is 0 Å². The van der Waals surface area contributed by atoms with Crippen LogP contribution in [0.3, 0.4) is 0 Å². The summed E-state index contributed by atoms with van der Waals surface area (Å²) in [4.78, 5) is 11.9. The summed E-state index contributed by atoms with van der Waals surface area (Å²) in [6, 6.07) is 0. The van der Waals surface area contributed by atoms with E-state index in [9.17, 15) is 9.90 Å². The van der Waals surface area contributed by atoms with Gasteiger partial charge >= 0.3 is 0 Å². The fraction of sp³-hybridized carbons (Fsp3) is 0.917. The van der Waals surface area contributed by atoms with Gasteiger partial charge in [0, 0.05) is 11.8 Å². The maximum absolute atomic E-state index is 11.9. The summed E-state index contributed by atoms with van der Waals surface area (Å²) in [5, 5.41) is 9.95. The van der Waals surface area contributed by atoms with Crippen LogP contribution in [0, 0.1) is 29.6 Å². The first-order valence-corrected chi connectivity index (χ1v) is 5.74. The molecule has 1 N–H and O–H groups in total. The quantitative estimate of drug-likeness (QED) is 0.642. The molecule has 0 aromatic carbocycles. The van der Waals surface area contributed by atoms with Crippen LogP contribution in [0.15, 0.2) is 0 Å². The van der Waals surface area contributed by atoms with E-state index < -0.39 is 0 Å². The van der Waals surface area contributed by atoms with Crippen LogP contribution >= 0.6 is 0 Å². The number of aliphatic hydroxyl groups excluding tert-OH is 1. The van der Waals surface area contributed by atoms with Gasteiger partial charge in [-0.1, -0.05) is 20.8 Å². The van der Waals surface area contributed by atoms with Gasteiger partial charge in [0.15, 0.2) is 0 Å². The van der Waals surface area contributed by atoms with Crippen LogP contribution in [-0.2, 0) is 4.79 Å². The van der Waals surface area contributed by atoms with E-state index in [4.69, 9.17) is 0 Å². The maximum atomic E-state index is 11.9. The highest BCUT2D eigenvalue weighted by Crippen LogP contribution is 2.47. The average molecular weight is 196 g/mol. The first-order chi connectivity index (χ1) is 6.52. The number of rotatable bonds is 0. The Kier molecular flexibility index (Phi) is 2.42. The molecular weight excluding hydrogens is 176 g/mol. The lowest BCUT2D eigenvalue weighted by Gasteiger charge is -2.38. The Labute approximate surface area is 85.7 Å². The molecule has 80 valence electrons. The number of Topliss-reactive ketones (excluding diaryl/α,β-unsaturated/α-hetero) is 1. The Morgan fingerprint density at radius 3 is 2.50 bits per heavy atom. The zero-order valence-corrected chi connectivity index (χ0v) is 9.23. The van der Waals surface area contributed by atoms with Crippen molar-refractivity contribution in [1.29, 1.82) is 0 Å². The van der Waals surface area contributed by atoms with Crippen LogP contribution in [0.1, 0.15) is 33.6 Å². The molecule has 2 aliphatic rings. The lowest BCUT2D eigenvalue weighted by Crippen LogP contribution is -2.40. The zero-order valence-electron chi connectivity index (χ0n) is 9.23. The number of hydrogen-bond acceptors (Lipinski definition) is 2. The SMILES string of the molecule is CC1CC2C(CC(C)C(O)C2C)C1=O. The van der Waals surface area contributed by atoms with Crippen molar-refractivity contribution in [3.8, 4) is 0 Å². The predicted octanol–water partition coefficient (Wildman–Crippen LogP) is 1.86. The summed E-state index contributed by atoms with van der Waals surface area (Å²) in [7, 11) is 0. The third-order valence-corrected chi connectivity index (χ3v) is 4.42. The number of fused-ring (bicyclic) bond motifs is 1. The molecule has 2 fully saturated rings. The summed E-state index contributed by atoms with van der Waals surface area (Å²) in [6.45, 7) is 6.20. The van der Waals surface area contributed by atoms with E-state index in [0.29, 0.717) is 23.5 Å². The smallest absolute Gasteiger partial charge is 0.139 e. The van der Waals surface area contributed by atoms with Crippen LogP contribution in [0.2, 0.25) is 0 Å². The van der Waals surface area contributed by atoms with Gasteiger partial charge in [0.1, 0.15) is 5.78 Å². The molecule has 0 heterocycles. The van der Waals surface area contributed by atoms with Crippen molar-refractivity contribution < 1.29 is 9.90 Å². The third-order valence-electron chi connectivity index (χ3n) is 4.42. The molecule has 2 aliphatic carbocycles. The van der Waals surface area contributed by atoms with Gasteiger partial charge in [-0.15, -0.1) is 0 Å². The maximum Gasteiger partial charge on any atom is 0.139 e. The number of ketones is 1. The van der Waals surface area contributed by atoms with Crippen molar-refractivity contribution in [2.45, 2.75) is 39.7 Å². The molecule has 0 spiro atoms. The van der Waals surface area contributed by atoms with Gasteiger partial charge in [0.05, 0.1) is 6.10 Å². The second-order valence-corrected chi connectivity index (χ2v) is 5.37. The summed E-state index contributed by atoms with van der Waals surface area (Å²) < 4.78 is 0. The Hall–Kier alpha value is -0.370. The molecule has 2 saturated carbocycles. The van der Waals surface area contributed by atoms with Gasteiger partial charge < -0.3 is 5.11 Å². The van der Waals surface area contributed by atoms with E-state index in [0.717, 1.165) is 12.8 Å². The lowest BCUT2D eigenvalue weighted by molar-refractivity contribution is -0.127. The molecule has 0 radical (unpaired) electrons. The molecule has 14 heavy (non-hydrogen) atoms. The molecule has 0 amide bonds. The lowest BCUT2D eigenvalue weighted by atomic mass is 9.68. The molecule has 6 atom stereocenters. The zero-order chi connectivity index (χ0) is 10.5. The van der Waals surface area contributed by atoms with E-state index in [2.05, 4.69) is 13.8 Å². The van der Waals surface area contributed by atoms with Crippen LogP contribution in [-0.4, -0.2) is 17.0 Å². The Morgan fingerprint density at radius 2 is 1.86 bits per heavy atom. The predicted molar refractivity (Wildman–Crippen MR) is 54.7 cm³/mol. The largest absolute Gasteiger partial charge is 0.393 e. The van der Waals surface area contributed by atoms with Crippen molar-refractivity contribution in [2.75, 3.05) is 0 Å². The molecule has 2 nitrogen and oxygen atoms in total. The van der Waals surface area contributed by atoms with Crippen molar-refractivity contribution >= 4 is 5.78 Å². The van der Waals surface area contributed by atoms with E-state index in [1.54, 1.807) is 0 Å². The summed E-state index contributed by atoms with van der Waals surface area (Å²) in [6.07, 6.45) is 1.70. The highest BCUT2D eigenvalue weighted by molar-refractivity contribution is 5.85. The van der Waals surface area contributed by atoms with Gasteiger partial charge in [-0.2, -0.15) is 0 Å². The van der Waals surface area contributed by atoms with Crippen molar-refractivity contribution in [3.63, 3.8) is 0 Å². The monoisotopic (exact) mass is 196 g/mol. The molecule has 0 bridgehead atoms. The van der Waals surface area contributed by atoms with E-state index in [1.807, 2.05) is 6.92 Å². The normalized spacial score (nSPS) is 53.3. The molecule has 2 rings (SSSR count). The second kappa shape index (κ2) is 3.34. The van der Waals surface area contributed by atoms with Gasteiger partial charge in [-0.05, 0) is 30.6 Å². The van der Waals surface area contributed by atoms with Crippen LogP contribution in [0.4, 0.5) is 0 Å². The third kappa shape index (κ3) is 1.31. The Balaban J connectivity index is 2.21. The first-order valence-electron chi connectivity index (χ1n) is 5.74. The molecule has 0 aromatic rings. The van der Waals surface area contributed by atoms with Gasteiger partial charge in [-0.25, -0.2) is 0 Å². The topological polar surface area (TPSA) is 37.3 Å². The first kappa shape index (κ1) is 10.2. The summed E-state index contributed by atoms with van der Waals surface area (Å²) in [5.41, 5.74) is 0. The Bertz CT molecular complexity index is 249. The minimum atomic E-state index is -0.200. The molecule has 0 aromatic heterocycles. The van der Waals surface area contributed by atoms with Crippen molar-refractivity contribution in [2.24, 2.45) is 29.6 Å². The molecular formula is C12H20O2. The molecule has 0 saturated heterocycles. The molecule has 2 heteroatoms. The Morgan fingerprint density at radius 1 is 1.21 bits per heavy atom. The minimum absolute atomic E-state index is 0.200. The number of aliphatic hydroxyl groups is 1. The van der Waals surface area contributed by atoms with Crippen LogP contribution in [0.25, 0.3) is 0 Å². The highest BCUT2D eigenvalue weighted by atomic mass is 16.3. The number of hydrogen-bond donors (Lipinski definition) is 1. The number of carbonyl (C=O) groups is 1. The van der Waals surface area contributed by atoms with E-state index in [1.165, 1.54) is 0 Å².